The molecule has 0 spiro atoms. The van der Waals surface area contributed by atoms with Gasteiger partial charge in [0.1, 0.15) is 0 Å². The van der Waals surface area contributed by atoms with Crippen molar-refractivity contribution in [3.8, 4) is 0 Å². The van der Waals surface area contributed by atoms with Crippen molar-refractivity contribution >= 4 is 22.6 Å². The predicted molar refractivity (Wildman–Crippen MR) is 86.8 cm³/mol. The zero-order valence-corrected chi connectivity index (χ0v) is 12.9. The third-order valence-corrected chi connectivity index (χ3v) is 4.30. The summed E-state index contributed by atoms with van der Waals surface area (Å²) in [5.74, 6) is 0.357. The molecule has 1 aromatic carbocycles. The molecule has 0 radical (unpaired) electrons. The highest BCUT2D eigenvalue weighted by molar-refractivity contribution is 6.00. The number of hydrogen-bond donors (Lipinski definition) is 3. The molecule has 5 heteroatoms. The Balaban J connectivity index is 1.82. The number of aliphatic hydroxyl groups excluding tert-OH is 1. The van der Waals surface area contributed by atoms with E-state index >= 15 is 0 Å². The van der Waals surface area contributed by atoms with Crippen molar-refractivity contribution in [2.24, 2.45) is 5.92 Å². The average molecular weight is 299 g/mol. The minimum absolute atomic E-state index is 0.0576. The molecule has 116 valence electrons. The van der Waals surface area contributed by atoms with Gasteiger partial charge in [-0.05, 0) is 56.4 Å². The highest BCUT2D eigenvalue weighted by Crippen LogP contribution is 2.39. The van der Waals surface area contributed by atoms with Crippen molar-refractivity contribution < 1.29 is 9.90 Å². The van der Waals surface area contributed by atoms with Gasteiger partial charge in [-0.1, -0.05) is 6.07 Å². The Labute approximate surface area is 129 Å². The molecule has 1 heterocycles. The molecular weight excluding hydrogens is 278 g/mol. The van der Waals surface area contributed by atoms with E-state index in [0.29, 0.717) is 11.6 Å². The number of nitrogens with one attached hydrogen (secondary N) is 2. The second kappa shape index (κ2) is 5.57. The molecular formula is C17H21N3O2. The molecule has 0 saturated heterocycles. The zero-order valence-electron chi connectivity index (χ0n) is 12.9. The molecule has 3 N–H and O–H groups in total. The van der Waals surface area contributed by atoms with Gasteiger partial charge in [-0.25, -0.2) is 4.79 Å². The maximum atomic E-state index is 12.3. The second-order valence-corrected chi connectivity index (χ2v) is 6.32. The molecule has 1 aliphatic rings. The molecule has 0 aliphatic heterocycles. The number of rotatable bonds is 4. The summed E-state index contributed by atoms with van der Waals surface area (Å²) in [6, 6.07) is 7.48. The van der Waals surface area contributed by atoms with Crippen LogP contribution in [0.1, 0.15) is 25.3 Å². The van der Waals surface area contributed by atoms with Gasteiger partial charge in [0.15, 0.2) is 0 Å². The lowest BCUT2D eigenvalue weighted by molar-refractivity contribution is 0.159. The highest BCUT2D eigenvalue weighted by atomic mass is 16.3. The predicted octanol–water partition coefficient (Wildman–Crippen LogP) is 2.83. The van der Waals surface area contributed by atoms with Crippen LogP contribution in [0.3, 0.4) is 0 Å². The lowest BCUT2D eigenvalue weighted by atomic mass is 9.97. The first-order valence-corrected chi connectivity index (χ1v) is 7.57. The topological polar surface area (TPSA) is 74.2 Å². The van der Waals surface area contributed by atoms with E-state index in [1.807, 2.05) is 38.1 Å². The van der Waals surface area contributed by atoms with E-state index in [0.717, 1.165) is 29.3 Å². The normalized spacial score (nSPS) is 17.0. The van der Waals surface area contributed by atoms with Crippen molar-refractivity contribution in [3.05, 3.63) is 36.0 Å². The number of urea groups is 1. The van der Waals surface area contributed by atoms with Gasteiger partial charge in [0.25, 0.3) is 0 Å². The van der Waals surface area contributed by atoms with Crippen molar-refractivity contribution in [2.75, 3.05) is 11.9 Å². The molecule has 1 fully saturated rings. The van der Waals surface area contributed by atoms with E-state index < -0.39 is 5.54 Å². The fourth-order valence-electron chi connectivity index (χ4n) is 2.84. The number of aryl methyl sites for hydroxylation is 1. The number of amides is 2. The van der Waals surface area contributed by atoms with E-state index in [1.165, 1.54) is 0 Å². The van der Waals surface area contributed by atoms with Crippen LogP contribution in [0.25, 0.3) is 10.9 Å². The molecule has 5 nitrogen and oxygen atoms in total. The summed E-state index contributed by atoms with van der Waals surface area (Å²) in [4.78, 5) is 16.7. The Morgan fingerprint density at radius 3 is 2.91 bits per heavy atom. The fraction of sp³-hybridized carbons (Fsp3) is 0.412. The van der Waals surface area contributed by atoms with Crippen LogP contribution in [0, 0.1) is 12.8 Å². The molecule has 1 saturated carbocycles. The summed E-state index contributed by atoms with van der Waals surface area (Å²) in [6.07, 6.45) is 3.81. The number of benzene rings is 1. The first kappa shape index (κ1) is 14.8. The van der Waals surface area contributed by atoms with Gasteiger partial charge in [-0.15, -0.1) is 0 Å². The maximum absolute atomic E-state index is 12.3. The molecule has 1 atom stereocenters. The molecule has 22 heavy (non-hydrogen) atoms. The van der Waals surface area contributed by atoms with Crippen LogP contribution in [0.5, 0.6) is 0 Å². The Morgan fingerprint density at radius 2 is 2.23 bits per heavy atom. The van der Waals surface area contributed by atoms with Crippen molar-refractivity contribution in [3.63, 3.8) is 0 Å². The molecule has 1 aliphatic carbocycles. The Hall–Kier alpha value is -2.14. The van der Waals surface area contributed by atoms with Gasteiger partial charge >= 0.3 is 6.03 Å². The monoisotopic (exact) mass is 299 g/mol. The Morgan fingerprint density at radius 1 is 1.45 bits per heavy atom. The number of pyridine rings is 1. The van der Waals surface area contributed by atoms with Crippen LogP contribution in [0.15, 0.2) is 30.5 Å². The molecule has 0 bridgehead atoms. The van der Waals surface area contributed by atoms with Crippen molar-refractivity contribution in [1.29, 1.82) is 0 Å². The fourth-order valence-corrected chi connectivity index (χ4v) is 2.84. The number of anilines is 1. The van der Waals surface area contributed by atoms with Crippen LogP contribution in [0.4, 0.5) is 10.5 Å². The van der Waals surface area contributed by atoms with Gasteiger partial charge in [-0.2, -0.15) is 0 Å². The van der Waals surface area contributed by atoms with Crippen LogP contribution in [0.2, 0.25) is 0 Å². The lowest BCUT2D eigenvalue weighted by Gasteiger charge is -2.28. The summed E-state index contributed by atoms with van der Waals surface area (Å²) in [7, 11) is 0. The first-order valence-electron chi connectivity index (χ1n) is 7.57. The van der Waals surface area contributed by atoms with Gasteiger partial charge in [0.2, 0.25) is 0 Å². The maximum Gasteiger partial charge on any atom is 0.319 e. The molecule has 1 aromatic heterocycles. The summed E-state index contributed by atoms with van der Waals surface area (Å²) in [6.45, 7) is 3.81. The minimum Gasteiger partial charge on any atom is -0.394 e. The number of carbonyl (C=O) groups excluding carboxylic acids is 1. The number of aromatic nitrogens is 1. The van der Waals surface area contributed by atoms with Crippen LogP contribution >= 0.6 is 0 Å². The van der Waals surface area contributed by atoms with E-state index in [2.05, 4.69) is 15.6 Å². The Kier molecular flexibility index (Phi) is 3.74. The molecule has 2 amide bonds. The van der Waals surface area contributed by atoms with E-state index in [1.54, 1.807) is 6.20 Å². The van der Waals surface area contributed by atoms with Crippen LogP contribution in [-0.4, -0.2) is 28.3 Å². The largest absolute Gasteiger partial charge is 0.394 e. The number of hydrogen-bond acceptors (Lipinski definition) is 3. The third-order valence-electron chi connectivity index (χ3n) is 4.30. The third kappa shape index (κ3) is 2.90. The minimum atomic E-state index is -0.558. The quantitative estimate of drug-likeness (QED) is 0.812. The van der Waals surface area contributed by atoms with Crippen molar-refractivity contribution in [1.82, 2.24) is 10.3 Å². The molecule has 1 unspecified atom stereocenters. The number of carbonyl (C=O) groups is 1. The standard InChI is InChI=1S/C17H21N3O2/c1-11-8-12-4-3-7-18-15(12)14(9-11)19-16(22)20-17(2,10-21)13-5-6-13/h3-4,7-9,13,21H,5-6,10H2,1-2H3,(H2,19,20,22). The van der Waals surface area contributed by atoms with E-state index in [4.69, 9.17) is 0 Å². The summed E-state index contributed by atoms with van der Waals surface area (Å²) < 4.78 is 0. The van der Waals surface area contributed by atoms with Gasteiger partial charge in [0.05, 0.1) is 23.3 Å². The van der Waals surface area contributed by atoms with Gasteiger partial charge in [-0.3, -0.25) is 4.98 Å². The summed E-state index contributed by atoms with van der Waals surface area (Å²) in [5, 5.41) is 16.3. The molecule has 3 rings (SSSR count). The van der Waals surface area contributed by atoms with E-state index in [-0.39, 0.29) is 12.6 Å². The molecule has 2 aromatic rings. The summed E-state index contributed by atoms with van der Waals surface area (Å²) >= 11 is 0. The lowest BCUT2D eigenvalue weighted by Crippen LogP contribution is -2.52. The second-order valence-electron chi connectivity index (χ2n) is 6.32. The van der Waals surface area contributed by atoms with Crippen LogP contribution < -0.4 is 10.6 Å². The average Bonchev–Trinajstić information content (AvgIpc) is 3.31. The Bertz CT molecular complexity index is 712. The summed E-state index contributed by atoms with van der Waals surface area (Å²) in [5.41, 5.74) is 1.95. The van der Waals surface area contributed by atoms with Crippen molar-refractivity contribution in [2.45, 2.75) is 32.2 Å². The highest BCUT2D eigenvalue weighted by Gasteiger charge is 2.42. The van der Waals surface area contributed by atoms with Gasteiger partial charge in [0, 0.05) is 11.6 Å². The number of fused-ring (bicyclic) bond motifs is 1. The smallest absolute Gasteiger partial charge is 0.319 e. The van der Waals surface area contributed by atoms with Crippen LogP contribution in [-0.2, 0) is 0 Å². The van der Waals surface area contributed by atoms with Gasteiger partial charge < -0.3 is 15.7 Å². The number of aliphatic hydroxyl groups is 1. The van der Waals surface area contributed by atoms with E-state index in [9.17, 15) is 9.90 Å². The number of nitrogens with zero attached hydrogens (tertiary/aromatic N) is 1. The first-order chi connectivity index (χ1) is 10.5. The SMILES string of the molecule is Cc1cc(NC(=O)NC(C)(CO)C2CC2)c2ncccc2c1. The zero-order chi connectivity index (χ0) is 15.7.